The third-order valence-corrected chi connectivity index (χ3v) is 5.87. The van der Waals surface area contributed by atoms with Gasteiger partial charge in [0, 0.05) is 57.1 Å². The molecule has 172 valence electrons. The minimum absolute atomic E-state index is 0.0650. The molecular formula is C25H29N5O3. The molecule has 2 aromatic heterocycles. The quantitative estimate of drug-likeness (QED) is 0.571. The molecule has 33 heavy (non-hydrogen) atoms. The maximum Gasteiger partial charge on any atom is 0.257 e. The van der Waals surface area contributed by atoms with Crippen molar-refractivity contribution in [3.63, 3.8) is 0 Å². The zero-order valence-electron chi connectivity index (χ0n) is 19.5. The topological polar surface area (TPSA) is 80.7 Å². The number of likely N-dealkylation sites (tertiary alicyclic amines) is 1. The first-order valence-corrected chi connectivity index (χ1v) is 11.0. The molecule has 0 N–H and O–H groups in total. The van der Waals surface area contributed by atoms with Gasteiger partial charge in [0.05, 0.1) is 25.5 Å². The van der Waals surface area contributed by atoms with Gasteiger partial charge in [-0.05, 0) is 43.2 Å². The number of amides is 1. The summed E-state index contributed by atoms with van der Waals surface area (Å²) in [7, 11) is 7.08. The molecule has 1 fully saturated rings. The van der Waals surface area contributed by atoms with E-state index in [2.05, 4.69) is 4.98 Å². The summed E-state index contributed by atoms with van der Waals surface area (Å²) in [6.45, 7) is 1.27. The molecule has 8 nitrogen and oxygen atoms in total. The van der Waals surface area contributed by atoms with Crippen LogP contribution in [0, 0.1) is 0 Å². The third kappa shape index (κ3) is 4.89. The van der Waals surface area contributed by atoms with Crippen LogP contribution in [0.4, 0.5) is 5.82 Å². The Bertz CT molecular complexity index is 1120. The van der Waals surface area contributed by atoms with Gasteiger partial charge in [-0.2, -0.15) is 0 Å². The first-order chi connectivity index (χ1) is 16.0. The number of ether oxygens (including phenoxy) is 2. The van der Waals surface area contributed by atoms with Crippen molar-refractivity contribution in [2.24, 2.45) is 0 Å². The van der Waals surface area contributed by atoms with Crippen LogP contribution in [0.5, 0.6) is 11.5 Å². The molecule has 8 heteroatoms. The third-order valence-electron chi connectivity index (χ3n) is 5.87. The Morgan fingerprint density at radius 3 is 2.67 bits per heavy atom. The summed E-state index contributed by atoms with van der Waals surface area (Å²) in [5, 5.41) is 0. The second kappa shape index (κ2) is 9.85. The molecule has 4 rings (SSSR count). The monoisotopic (exact) mass is 447 g/mol. The van der Waals surface area contributed by atoms with Crippen LogP contribution >= 0.6 is 0 Å². The zero-order chi connectivity index (χ0) is 23.4. The van der Waals surface area contributed by atoms with Crippen molar-refractivity contribution >= 4 is 11.7 Å². The van der Waals surface area contributed by atoms with E-state index in [-0.39, 0.29) is 11.8 Å². The second-order valence-corrected chi connectivity index (χ2v) is 8.27. The largest absolute Gasteiger partial charge is 0.497 e. The van der Waals surface area contributed by atoms with Crippen molar-refractivity contribution in [2.75, 3.05) is 46.3 Å². The van der Waals surface area contributed by atoms with Crippen LogP contribution in [0.3, 0.4) is 0 Å². The number of hydrogen-bond acceptors (Lipinski definition) is 7. The maximum atomic E-state index is 13.4. The maximum absolute atomic E-state index is 13.4. The summed E-state index contributed by atoms with van der Waals surface area (Å²) in [5.74, 6) is 2.68. The smallest absolute Gasteiger partial charge is 0.257 e. The van der Waals surface area contributed by atoms with Crippen LogP contribution in [-0.2, 0) is 0 Å². The summed E-state index contributed by atoms with van der Waals surface area (Å²) in [6.07, 6.45) is 5.35. The Labute approximate surface area is 194 Å². The van der Waals surface area contributed by atoms with E-state index in [1.165, 1.54) is 0 Å². The van der Waals surface area contributed by atoms with Crippen molar-refractivity contribution in [1.29, 1.82) is 0 Å². The van der Waals surface area contributed by atoms with Crippen molar-refractivity contribution in [3.8, 4) is 22.9 Å². The molecule has 0 spiro atoms. The Morgan fingerprint density at radius 1 is 1.12 bits per heavy atom. The molecular weight excluding hydrogens is 418 g/mol. The van der Waals surface area contributed by atoms with Crippen LogP contribution in [0.15, 0.2) is 48.8 Å². The summed E-state index contributed by atoms with van der Waals surface area (Å²) in [6, 6.07) is 11.1. The van der Waals surface area contributed by atoms with Gasteiger partial charge < -0.3 is 19.3 Å². The van der Waals surface area contributed by atoms with E-state index in [1.54, 1.807) is 44.8 Å². The van der Waals surface area contributed by atoms with Gasteiger partial charge in [-0.3, -0.25) is 9.78 Å². The number of benzene rings is 1. The standard InChI is InChI=1S/C25H29N5O3/c1-29(2)23-14-21(27-24(28-23)17-7-5-11-26-15-17)18-8-6-12-30(16-18)25(31)20-13-19(32-3)9-10-22(20)33-4/h5,7,9-11,13-15,18H,6,8,12,16H2,1-4H3. The van der Waals surface area contributed by atoms with Gasteiger partial charge in [0.25, 0.3) is 5.91 Å². The summed E-state index contributed by atoms with van der Waals surface area (Å²) in [5.41, 5.74) is 2.31. The lowest BCUT2D eigenvalue weighted by atomic mass is 9.93. The fraction of sp³-hybridized carbons (Fsp3) is 0.360. The van der Waals surface area contributed by atoms with E-state index >= 15 is 0 Å². The fourth-order valence-corrected chi connectivity index (χ4v) is 4.07. The van der Waals surface area contributed by atoms with Gasteiger partial charge in [-0.25, -0.2) is 9.97 Å². The van der Waals surface area contributed by atoms with Crippen molar-refractivity contribution in [2.45, 2.75) is 18.8 Å². The highest BCUT2D eigenvalue weighted by atomic mass is 16.5. The van der Waals surface area contributed by atoms with Crippen LogP contribution < -0.4 is 14.4 Å². The number of carbonyl (C=O) groups is 1. The number of pyridine rings is 1. The lowest BCUT2D eigenvalue weighted by molar-refractivity contribution is 0.0702. The average Bonchev–Trinajstić information content (AvgIpc) is 2.88. The predicted molar refractivity (Wildman–Crippen MR) is 127 cm³/mol. The molecule has 3 heterocycles. The van der Waals surface area contributed by atoms with Gasteiger partial charge in [-0.15, -0.1) is 0 Å². The van der Waals surface area contributed by atoms with Crippen molar-refractivity contribution in [1.82, 2.24) is 19.9 Å². The first-order valence-electron chi connectivity index (χ1n) is 11.0. The first kappa shape index (κ1) is 22.5. The number of aromatic nitrogens is 3. The average molecular weight is 448 g/mol. The highest BCUT2D eigenvalue weighted by Crippen LogP contribution is 2.32. The molecule has 1 amide bonds. The fourth-order valence-electron chi connectivity index (χ4n) is 4.07. The van der Waals surface area contributed by atoms with Crippen LogP contribution in [0.1, 0.15) is 34.8 Å². The van der Waals surface area contributed by atoms with Crippen LogP contribution in [0.2, 0.25) is 0 Å². The Kier molecular flexibility index (Phi) is 6.72. The van der Waals surface area contributed by atoms with Crippen molar-refractivity contribution in [3.05, 3.63) is 60.0 Å². The number of rotatable bonds is 6. The van der Waals surface area contributed by atoms with E-state index in [1.807, 2.05) is 42.1 Å². The summed E-state index contributed by atoms with van der Waals surface area (Å²) >= 11 is 0. The molecule has 1 aromatic carbocycles. The minimum Gasteiger partial charge on any atom is -0.497 e. The lowest BCUT2D eigenvalue weighted by Gasteiger charge is -2.33. The predicted octanol–water partition coefficient (Wildman–Crippen LogP) is 3.64. The normalized spacial score (nSPS) is 15.8. The molecule has 0 aliphatic carbocycles. The van der Waals surface area contributed by atoms with Gasteiger partial charge >= 0.3 is 0 Å². The molecule has 3 aromatic rings. The highest BCUT2D eigenvalue weighted by molar-refractivity contribution is 5.97. The van der Waals surface area contributed by atoms with E-state index in [0.29, 0.717) is 36.0 Å². The molecule has 0 radical (unpaired) electrons. The lowest BCUT2D eigenvalue weighted by Crippen LogP contribution is -2.39. The van der Waals surface area contributed by atoms with Gasteiger partial charge in [0.1, 0.15) is 17.3 Å². The van der Waals surface area contributed by atoms with E-state index in [9.17, 15) is 4.79 Å². The van der Waals surface area contributed by atoms with Gasteiger partial charge in [0.2, 0.25) is 0 Å². The minimum atomic E-state index is -0.0650. The molecule has 1 aliphatic heterocycles. The number of nitrogens with zero attached hydrogens (tertiary/aromatic N) is 5. The zero-order valence-corrected chi connectivity index (χ0v) is 19.5. The van der Waals surface area contributed by atoms with E-state index < -0.39 is 0 Å². The number of carbonyl (C=O) groups excluding carboxylic acids is 1. The van der Waals surface area contributed by atoms with Crippen molar-refractivity contribution < 1.29 is 14.3 Å². The number of anilines is 1. The van der Waals surface area contributed by atoms with E-state index in [4.69, 9.17) is 19.4 Å². The molecule has 0 saturated carbocycles. The van der Waals surface area contributed by atoms with Crippen LogP contribution in [0.25, 0.3) is 11.4 Å². The van der Waals surface area contributed by atoms with Gasteiger partial charge in [0.15, 0.2) is 5.82 Å². The van der Waals surface area contributed by atoms with Crippen LogP contribution in [-0.4, -0.2) is 67.2 Å². The Hall–Kier alpha value is -3.68. The van der Waals surface area contributed by atoms with Gasteiger partial charge in [-0.1, -0.05) is 0 Å². The molecule has 1 atom stereocenters. The molecule has 0 bridgehead atoms. The summed E-state index contributed by atoms with van der Waals surface area (Å²) < 4.78 is 10.8. The molecule has 1 aliphatic rings. The summed E-state index contributed by atoms with van der Waals surface area (Å²) in [4.78, 5) is 31.1. The molecule has 1 saturated heterocycles. The van der Waals surface area contributed by atoms with E-state index in [0.717, 1.165) is 29.9 Å². The number of methoxy groups -OCH3 is 2. The number of piperidine rings is 1. The Morgan fingerprint density at radius 2 is 1.97 bits per heavy atom. The number of hydrogen-bond donors (Lipinski definition) is 0. The SMILES string of the molecule is COc1ccc(OC)c(C(=O)N2CCCC(c3cc(N(C)C)nc(-c4cccnc4)n3)C2)c1. The Balaban J connectivity index is 1.64. The molecule has 1 unspecified atom stereocenters. The highest BCUT2D eigenvalue weighted by Gasteiger charge is 2.29. The second-order valence-electron chi connectivity index (χ2n) is 8.27.